The standard InChI is InChI=1S/C29H27ClN5O3PS/c1-5-39(37,6-2)20-9-7-18(8-10-20)19-14-24-27(32-15-19)34-29(40-24)35-28(36)25-22(13-17(3)33-26(25)30)21-11-12-31-16-23(21)38-4/h7-16H,5-6H2,1-4H3,(H,32,34,35,36). The molecule has 0 saturated heterocycles. The summed E-state index contributed by atoms with van der Waals surface area (Å²) in [6, 6.07) is 13.4. The van der Waals surface area contributed by atoms with Crippen molar-refractivity contribution in [2.45, 2.75) is 20.8 Å². The molecule has 0 unspecified atom stereocenters. The van der Waals surface area contributed by atoms with E-state index in [9.17, 15) is 9.36 Å². The van der Waals surface area contributed by atoms with Crippen molar-refractivity contribution >= 4 is 56.8 Å². The molecule has 0 fully saturated rings. The van der Waals surface area contributed by atoms with Crippen molar-refractivity contribution in [2.24, 2.45) is 0 Å². The molecule has 0 aliphatic rings. The van der Waals surface area contributed by atoms with Crippen molar-refractivity contribution in [3.05, 3.63) is 77.5 Å². The number of nitrogens with zero attached hydrogens (tertiary/aromatic N) is 4. The van der Waals surface area contributed by atoms with E-state index < -0.39 is 13.0 Å². The fourth-order valence-corrected chi connectivity index (χ4v) is 7.58. The monoisotopic (exact) mass is 591 g/mol. The van der Waals surface area contributed by atoms with Crippen molar-refractivity contribution in [3.63, 3.8) is 0 Å². The second-order valence-corrected chi connectivity index (χ2v) is 14.1. The quantitative estimate of drug-likeness (QED) is 0.152. The Labute approximate surface area is 241 Å². The van der Waals surface area contributed by atoms with Crippen molar-refractivity contribution in [1.82, 2.24) is 19.9 Å². The lowest BCUT2D eigenvalue weighted by molar-refractivity contribution is 0.102. The van der Waals surface area contributed by atoms with Crippen molar-refractivity contribution in [2.75, 3.05) is 24.8 Å². The van der Waals surface area contributed by atoms with Crippen molar-refractivity contribution in [1.29, 1.82) is 0 Å². The number of aromatic nitrogens is 4. The van der Waals surface area contributed by atoms with Crippen LogP contribution in [-0.2, 0) is 4.57 Å². The molecular weight excluding hydrogens is 565 g/mol. The van der Waals surface area contributed by atoms with Crippen LogP contribution < -0.4 is 15.4 Å². The molecule has 0 bridgehead atoms. The number of aryl methyl sites for hydroxylation is 1. The molecule has 1 aromatic carbocycles. The SMILES string of the molecule is CCP(=O)(CC)c1ccc(-c2cnc3nc(NC(=O)c4c(-c5ccncc5OC)cc(C)nc4Cl)sc3c2)cc1. The molecule has 1 amide bonds. The number of rotatable bonds is 8. The highest BCUT2D eigenvalue weighted by Crippen LogP contribution is 2.43. The second-order valence-electron chi connectivity index (χ2n) is 9.14. The number of hydrogen-bond donors (Lipinski definition) is 1. The van der Waals surface area contributed by atoms with Gasteiger partial charge in [-0.2, -0.15) is 4.98 Å². The number of pyridine rings is 3. The van der Waals surface area contributed by atoms with E-state index in [1.165, 1.54) is 11.3 Å². The smallest absolute Gasteiger partial charge is 0.261 e. The average molecular weight is 592 g/mol. The van der Waals surface area contributed by atoms with E-state index in [-0.39, 0.29) is 10.7 Å². The number of carbonyl (C=O) groups excluding carboxylic acids is 1. The zero-order valence-electron chi connectivity index (χ0n) is 22.4. The molecule has 0 aliphatic carbocycles. The number of anilines is 1. The molecule has 0 aliphatic heterocycles. The Balaban J connectivity index is 1.45. The summed E-state index contributed by atoms with van der Waals surface area (Å²) in [5, 5.41) is 4.22. The molecule has 0 radical (unpaired) electrons. The van der Waals surface area contributed by atoms with Gasteiger partial charge in [-0.1, -0.05) is 61.1 Å². The summed E-state index contributed by atoms with van der Waals surface area (Å²) >= 11 is 7.80. The van der Waals surface area contributed by atoms with E-state index in [0.29, 0.717) is 45.7 Å². The highest BCUT2D eigenvalue weighted by atomic mass is 35.5. The Kier molecular flexibility index (Phi) is 7.99. The van der Waals surface area contributed by atoms with Crippen LogP contribution >= 0.6 is 30.1 Å². The van der Waals surface area contributed by atoms with Crippen LogP contribution in [0.4, 0.5) is 5.13 Å². The summed E-state index contributed by atoms with van der Waals surface area (Å²) in [6.07, 6.45) is 6.24. The molecule has 8 nitrogen and oxygen atoms in total. The van der Waals surface area contributed by atoms with Gasteiger partial charge in [-0.05, 0) is 30.7 Å². The van der Waals surface area contributed by atoms with Gasteiger partial charge in [0.25, 0.3) is 5.91 Å². The van der Waals surface area contributed by atoms with Crippen LogP contribution in [0, 0.1) is 6.92 Å². The maximum atomic E-state index is 13.5. The minimum Gasteiger partial charge on any atom is -0.494 e. The summed E-state index contributed by atoms with van der Waals surface area (Å²) in [5.41, 5.74) is 4.51. The molecule has 5 rings (SSSR count). The first-order chi connectivity index (χ1) is 19.3. The van der Waals surface area contributed by atoms with Crippen LogP contribution in [0.2, 0.25) is 5.15 Å². The fourth-order valence-electron chi connectivity index (χ4n) is 4.53. The summed E-state index contributed by atoms with van der Waals surface area (Å²) in [4.78, 5) is 30.9. The van der Waals surface area contributed by atoms with E-state index in [0.717, 1.165) is 21.1 Å². The third-order valence-electron chi connectivity index (χ3n) is 6.79. The minimum atomic E-state index is -2.34. The van der Waals surface area contributed by atoms with Gasteiger partial charge in [0, 0.05) is 52.4 Å². The van der Waals surface area contributed by atoms with E-state index in [4.69, 9.17) is 16.3 Å². The summed E-state index contributed by atoms with van der Waals surface area (Å²) in [7, 11) is -0.799. The van der Waals surface area contributed by atoms with E-state index in [2.05, 4.69) is 25.3 Å². The number of hydrogen-bond acceptors (Lipinski definition) is 8. The van der Waals surface area contributed by atoms with Crippen LogP contribution in [0.1, 0.15) is 29.9 Å². The fraction of sp³-hybridized carbons (Fsp3) is 0.207. The third kappa shape index (κ3) is 5.37. The van der Waals surface area contributed by atoms with Gasteiger partial charge in [-0.15, -0.1) is 0 Å². The topological polar surface area (TPSA) is 107 Å². The molecule has 0 atom stereocenters. The minimum absolute atomic E-state index is 0.0760. The van der Waals surface area contributed by atoms with Gasteiger partial charge in [0.2, 0.25) is 0 Å². The molecule has 40 heavy (non-hydrogen) atoms. The first-order valence-electron chi connectivity index (χ1n) is 12.7. The highest BCUT2D eigenvalue weighted by Gasteiger charge is 2.23. The molecule has 1 N–H and O–H groups in total. The average Bonchev–Trinajstić information content (AvgIpc) is 3.37. The maximum absolute atomic E-state index is 13.5. The van der Waals surface area contributed by atoms with Crippen LogP contribution in [-0.4, -0.2) is 45.3 Å². The molecule has 11 heteroatoms. The van der Waals surface area contributed by atoms with E-state index >= 15 is 0 Å². The predicted molar refractivity (Wildman–Crippen MR) is 163 cm³/mol. The molecule has 0 saturated carbocycles. The Hall–Kier alpha value is -3.65. The summed E-state index contributed by atoms with van der Waals surface area (Å²) in [5.74, 6) is 0.0627. The maximum Gasteiger partial charge on any atom is 0.261 e. The number of amides is 1. The second kappa shape index (κ2) is 11.5. The lowest BCUT2D eigenvalue weighted by Gasteiger charge is -2.14. The number of benzene rings is 1. The predicted octanol–water partition coefficient (Wildman–Crippen LogP) is 7.07. The Morgan fingerprint density at radius 1 is 1.02 bits per heavy atom. The van der Waals surface area contributed by atoms with Gasteiger partial charge in [0.15, 0.2) is 10.8 Å². The normalized spacial score (nSPS) is 11.5. The van der Waals surface area contributed by atoms with Gasteiger partial charge in [-0.25, -0.2) is 9.97 Å². The van der Waals surface area contributed by atoms with Crippen LogP contribution in [0.25, 0.3) is 32.6 Å². The van der Waals surface area contributed by atoms with Gasteiger partial charge in [0.05, 0.1) is 23.6 Å². The Morgan fingerprint density at radius 2 is 1.77 bits per heavy atom. The van der Waals surface area contributed by atoms with Crippen molar-refractivity contribution < 1.29 is 14.1 Å². The number of halogens is 1. The lowest BCUT2D eigenvalue weighted by atomic mass is 10.0. The molecule has 5 aromatic rings. The summed E-state index contributed by atoms with van der Waals surface area (Å²) in [6.45, 7) is 5.74. The van der Waals surface area contributed by atoms with Gasteiger partial charge < -0.3 is 9.30 Å². The molecule has 204 valence electrons. The van der Waals surface area contributed by atoms with Crippen molar-refractivity contribution in [3.8, 4) is 28.0 Å². The molecular formula is C29H27ClN5O3PS. The molecule has 4 aromatic heterocycles. The van der Waals surface area contributed by atoms with Gasteiger partial charge in [0.1, 0.15) is 18.0 Å². The van der Waals surface area contributed by atoms with Crippen LogP contribution in [0.5, 0.6) is 5.75 Å². The van der Waals surface area contributed by atoms with Crippen LogP contribution in [0.3, 0.4) is 0 Å². The largest absolute Gasteiger partial charge is 0.494 e. The zero-order chi connectivity index (χ0) is 28.4. The number of fused-ring (bicyclic) bond motifs is 1. The number of methoxy groups -OCH3 is 1. The number of thiazole rings is 1. The van der Waals surface area contributed by atoms with Gasteiger partial charge >= 0.3 is 0 Å². The summed E-state index contributed by atoms with van der Waals surface area (Å²) < 4.78 is 19.3. The molecule has 0 spiro atoms. The number of nitrogens with one attached hydrogen (secondary N) is 1. The Morgan fingerprint density at radius 3 is 2.48 bits per heavy atom. The van der Waals surface area contributed by atoms with Crippen LogP contribution in [0.15, 0.2) is 61.1 Å². The number of carbonyl (C=O) groups is 1. The van der Waals surface area contributed by atoms with E-state index in [1.807, 2.05) is 44.2 Å². The highest BCUT2D eigenvalue weighted by molar-refractivity contribution is 7.71. The van der Waals surface area contributed by atoms with E-state index in [1.54, 1.807) is 44.8 Å². The third-order valence-corrected chi connectivity index (χ3v) is 11.2. The first-order valence-corrected chi connectivity index (χ1v) is 16.0. The Bertz CT molecular complexity index is 1770. The zero-order valence-corrected chi connectivity index (χ0v) is 24.9. The lowest BCUT2D eigenvalue weighted by Crippen LogP contribution is -2.15. The van der Waals surface area contributed by atoms with Gasteiger partial charge in [-0.3, -0.25) is 15.1 Å². The number of ether oxygens (including phenoxy) is 1. The molecule has 4 heterocycles. The first kappa shape index (κ1) is 27.9.